The van der Waals surface area contributed by atoms with Crippen molar-refractivity contribution in [3.63, 3.8) is 0 Å². The molecule has 1 aliphatic rings. The van der Waals surface area contributed by atoms with Crippen molar-refractivity contribution in [3.8, 4) is 0 Å². The molecule has 2 heteroatoms. The normalized spacial score (nSPS) is 29.0. The molecule has 0 heterocycles. The maximum atomic E-state index is 12.0. The smallest absolute Gasteiger partial charge is 0.148 e. The number of hydrogen-bond donors (Lipinski definition) is 0. The van der Waals surface area contributed by atoms with E-state index in [4.69, 9.17) is 0 Å². The Balaban J connectivity index is 2.75. The standard InChI is InChI=1S/C12H20O2/c1-8-5-6-10(13)9(7-8)11(14)12(2,3)4/h8-9H,5-7H2,1-4H3. The summed E-state index contributed by atoms with van der Waals surface area (Å²) in [5.41, 5.74) is -0.378. The quantitative estimate of drug-likeness (QED) is 0.604. The Kier molecular flexibility index (Phi) is 3.13. The molecule has 1 fully saturated rings. The minimum Gasteiger partial charge on any atom is -0.299 e. The minimum absolute atomic E-state index is 0.119. The molecule has 1 rings (SSSR count). The van der Waals surface area contributed by atoms with Crippen LogP contribution in [0, 0.1) is 17.3 Å². The summed E-state index contributed by atoms with van der Waals surface area (Å²) in [4.78, 5) is 23.6. The Morgan fingerprint density at radius 2 is 1.93 bits per heavy atom. The highest BCUT2D eigenvalue weighted by Crippen LogP contribution is 2.31. The van der Waals surface area contributed by atoms with E-state index >= 15 is 0 Å². The van der Waals surface area contributed by atoms with Gasteiger partial charge in [-0.2, -0.15) is 0 Å². The molecule has 0 bridgehead atoms. The van der Waals surface area contributed by atoms with Gasteiger partial charge in [-0.05, 0) is 18.8 Å². The molecule has 2 nitrogen and oxygen atoms in total. The molecular formula is C12H20O2. The van der Waals surface area contributed by atoms with Crippen LogP contribution < -0.4 is 0 Å². The summed E-state index contributed by atoms with van der Waals surface area (Å²) < 4.78 is 0. The van der Waals surface area contributed by atoms with Crippen molar-refractivity contribution < 1.29 is 9.59 Å². The van der Waals surface area contributed by atoms with Gasteiger partial charge in [0, 0.05) is 11.8 Å². The Bertz CT molecular complexity index is 248. The van der Waals surface area contributed by atoms with Gasteiger partial charge in [-0.15, -0.1) is 0 Å². The fraction of sp³-hybridized carbons (Fsp3) is 0.833. The van der Waals surface area contributed by atoms with Crippen molar-refractivity contribution in [2.45, 2.75) is 47.0 Å². The van der Waals surface area contributed by atoms with E-state index in [1.54, 1.807) is 0 Å². The van der Waals surface area contributed by atoms with Gasteiger partial charge in [0.15, 0.2) is 0 Å². The lowest BCUT2D eigenvalue weighted by molar-refractivity contribution is -0.140. The molecule has 0 aromatic rings. The zero-order valence-electron chi connectivity index (χ0n) is 9.59. The molecule has 2 atom stereocenters. The largest absolute Gasteiger partial charge is 0.299 e. The second-order valence-corrected chi connectivity index (χ2v) is 5.51. The van der Waals surface area contributed by atoms with Gasteiger partial charge in [-0.1, -0.05) is 27.7 Å². The van der Waals surface area contributed by atoms with Crippen LogP contribution in [0.1, 0.15) is 47.0 Å². The third kappa shape index (κ3) is 2.43. The van der Waals surface area contributed by atoms with Crippen LogP contribution in [0.3, 0.4) is 0 Å². The average Bonchev–Trinajstić information content (AvgIpc) is 2.06. The Morgan fingerprint density at radius 1 is 1.36 bits per heavy atom. The van der Waals surface area contributed by atoms with Crippen molar-refractivity contribution in [3.05, 3.63) is 0 Å². The molecule has 0 radical (unpaired) electrons. The summed E-state index contributed by atoms with van der Waals surface area (Å²) in [6.45, 7) is 7.79. The predicted octanol–water partition coefficient (Wildman–Crippen LogP) is 2.61. The van der Waals surface area contributed by atoms with Crippen molar-refractivity contribution in [2.75, 3.05) is 0 Å². The van der Waals surface area contributed by atoms with Gasteiger partial charge in [0.1, 0.15) is 11.6 Å². The molecule has 0 aliphatic heterocycles. The predicted molar refractivity (Wildman–Crippen MR) is 56.0 cm³/mol. The second kappa shape index (κ2) is 3.84. The van der Waals surface area contributed by atoms with Gasteiger partial charge in [0.05, 0.1) is 5.92 Å². The first kappa shape index (κ1) is 11.4. The Hall–Kier alpha value is -0.660. The van der Waals surface area contributed by atoms with Crippen molar-refractivity contribution in [2.24, 2.45) is 17.3 Å². The van der Waals surface area contributed by atoms with Gasteiger partial charge < -0.3 is 0 Å². The third-order valence-corrected chi connectivity index (χ3v) is 2.97. The highest BCUT2D eigenvalue weighted by Gasteiger charge is 2.37. The fourth-order valence-corrected chi connectivity index (χ4v) is 1.99. The molecule has 80 valence electrons. The minimum atomic E-state index is -0.378. The van der Waals surface area contributed by atoms with Crippen molar-refractivity contribution >= 4 is 11.6 Å². The first-order valence-electron chi connectivity index (χ1n) is 5.39. The first-order chi connectivity index (χ1) is 6.32. The van der Waals surface area contributed by atoms with E-state index in [9.17, 15) is 9.59 Å². The molecule has 1 saturated carbocycles. The van der Waals surface area contributed by atoms with E-state index in [-0.39, 0.29) is 22.9 Å². The number of ketones is 2. The Morgan fingerprint density at radius 3 is 2.43 bits per heavy atom. The van der Waals surface area contributed by atoms with E-state index in [1.165, 1.54) is 0 Å². The molecule has 0 aromatic carbocycles. The van der Waals surface area contributed by atoms with Gasteiger partial charge in [-0.25, -0.2) is 0 Å². The van der Waals surface area contributed by atoms with E-state index in [0.29, 0.717) is 12.3 Å². The molecule has 0 spiro atoms. The van der Waals surface area contributed by atoms with Crippen LogP contribution in [0.25, 0.3) is 0 Å². The molecule has 1 aliphatic carbocycles. The molecular weight excluding hydrogens is 176 g/mol. The van der Waals surface area contributed by atoms with E-state index in [1.807, 2.05) is 20.8 Å². The first-order valence-corrected chi connectivity index (χ1v) is 5.39. The fourth-order valence-electron chi connectivity index (χ4n) is 1.99. The van der Waals surface area contributed by atoms with Crippen LogP contribution >= 0.6 is 0 Å². The van der Waals surface area contributed by atoms with E-state index < -0.39 is 0 Å². The number of Topliss-reactive ketones (excluding diaryl/α,β-unsaturated/α-hetero) is 2. The summed E-state index contributed by atoms with van der Waals surface area (Å²) in [6, 6.07) is 0. The van der Waals surface area contributed by atoms with Crippen LogP contribution in [-0.2, 0) is 9.59 Å². The van der Waals surface area contributed by atoms with Crippen LogP contribution in [0.4, 0.5) is 0 Å². The zero-order valence-corrected chi connectivity index (χ0v) is 9.59. The molecule has 0 amide bonds. The third-order valence-electron chi connectivity index (χ3n) is 2.97. The maximum Gasteiger partial charge on any atom is 0.148 e. The van der Waals surface area contributed by atoms with Crippen LogP contribution in [0.15, 0.2) is 0 Å². The van der Waals surface area contributed by atoms with E-state index in [0.717, 1.165) is 12.8 Å². The summed E-state index contributed by atoms with van der Waals surface area (Å²) in [7, 11) is 0. The monoisotopic (exact) mass is 196 g/mol. The highest BCUT2D eigenvalue weighted by atomic mass is 16.2. The molecule has 0 N–H and O–H groups in total. The summed E-state index contributed by atoms with van der Waals surface area (Å²) in [5.74, 6) is 0.472. The maximum absolute atomic E-state index is 12.0. The lowest BCUT2D eigenvalue weighted by atomic mass is 9.73. The summed E-state index contributed by atoms with van der Waals surface area (Å²) in [6.07, 6.45) is 2.30. The average molecular weight is 196 g/mol. The topological polar surface area (TPSA) is 34.1 Å². The second-order valence-electron chi connectivity index (χ2n) is 5.51. The molecule has 14 heavy (non-hydrogen) atoms. The lowest BCUT2D eigenvalue weighted by Gasteiger charge is -2.29. The SMILES string of the molecule is CC1CCC(=O)C(C(=O)C(C)(C)C)C1. The number of hydrogen-bond acceptors (Lipinski definition) is 2. The van der Waals surface area contributed by atoms with Gasteiger partial charge in [0.2, 0.25) is 0 Å². The van der Waals surface area contributed by atoms with Gasteiger partial charge in [-0.3, -0.25) is 9.59 Å². The lowest BCUT2D eigenvalue weighted by Crippen LogP contribution is -2.37. The van der Waals surface area contributed by atoms with Gasteiger partial charge >= 0.3 is 0 Å². The number of carbonyl (C=O) groups is 2. The van der Waals surface area contributed by atoms with Crippen LogP contribution in [0.2, 0.25) is 0 Å². The van der Waals surface area contributed by atoms with Crippen LogP contribution in [0.5, 0.6) is 0 Å². The highest BCUT2D eigenvalue weighted by molar-refractivity contribution is 6.04. The van der Waals surface area contributed by atoms with Crippen LogP contribution in [-0.4, -0.2) is 11.6 Å². The van der Waals surface area contributed by atoms with Crippen molar-refractivity contribution in [1.82, 2.24) is 0 Å². The molecule has 0 aromatic heterocycles. The summed E-state index contributed by atoms with van der Waals surface area (Å²) in [5, 5.41) is 0. The van der Waals surface area contributed by atoms with Crippen molar-refractivity contribution in [1.29, 1.82) is 0 Å². The Labute approximate surface area is 86.1 Å². The van der Waals surface area contributed by atoms with E-state index in [2.05, 4.69) is 6.92 Å². The molecule has 2 unspecified atom stereocenters. The number of carbonyl (C=O) groups excluding carboxylic acids is 2. The molecule has 0 saturated heterocycles. The zero-order chi connectivity index (χ0) is 10.9. The van der Waals surface area contributed by atoms with Gasteiger partial charge in [0.25, 0.3) is 0 Å². The summed E-state index contributed by atoms with van der Waals surface area (Å²) >= 11 is 0. The number of rotatable bonds is 1.